The summed E-state index contributed by atoms with van der Waals surface area (Å²) in [6.45, 7) is 7.07. The number of carbonyl (C=O) groups excluding carboxylic acids is 1. The maximum Gasteiger partial charge on any atom is 0.251 e. The van der Waals surface area contributed by atoms with Gasteiger partial charge in [-0.1, -0.05) is 24.3 Å². The molecule has 0 unspecified atom stereocenters. The first-order chi connectivity index (χ1) is 14.7. The van der Waals surface area contributed by atoms with Crippen LogP contribution in [-0.4, -0.2) is 63.6 Å². The standard InChI is InChI=1S/C23H31N5O2.HI/c1-4-25-23(26-17-18-9-11-19(12-10-18)22(29)24-2)28-15-13-27(14-16-28)20-7-5-6-8-21(20)30-3;/h5-12H,4,13-17H2,1-3H3,(H,24,29)(H,25,26);1H. The Morgan fingerprint density at radius 3 is 2.35 bits per heavy atom. The van der Waals surface area contributed by atoms with E-state index in [0.29, 0.717) is 12.1 Å². The van der Waals surface area contributed by atoms with E-state index in [1.54, 1.807) is 14.2 Å². The lowest BCUT2D eigenvalue weighted by molar-refractivity contribution is 0.0963. The maximum atomic E-state index is 11.7. The summed E-state index contributed by atoms with van der Waals surface area (Å²) in [6.07, 6.45) is 0. The van der Waals surface area contributed by atoms with Gasteiger partial charge >= 0.3 is 0 Å². The fraction of sp³-hybridized carbons (Fsp3) is 0.391. The highest BCUT2D eigenvalue weighted by Gasteiger charge is 2.21. The van der Waals surface area contributed by atoms with E-state index in [4.69, 9.17) is 9.73 Å². The number of aliphatic imine (C=N–C) groups is 1. The summed E-state index contributed by atoms with van der Waals surface area (Å²) < 4.78 is 5.51. The predicted octanol–water partition coefficient (Wildman–Crippen LogP) is 2.96. The van der Waals surface area contributed by atoms with Gasteiger partial charge in [-0.3, -0.25) is 4.79 Å². The summed E-state index contributed by atoms with van der Waals surface area (Å²) in [7, 11) is 3.35. The minimum atomic E-state index is -0.0775. The molecule has 7 nitrogen and oxygen atoms in total. The molecule has 168 valence electrons. The fourth-order valence-electron chi connectivity index (χ4n) is 3.55. The van der Waals surface area contributed by atoms with Crippen molar-refractivity contribution in [1.82, 2.24) is 15.5 Å². The number of guanidine groups is 1. The average Bonchev–Trinajstić information content (AvgIpc) is 2.81. The molecule has 0 spiro atoms. The minimum absolute atomic E-state index is 0. The Labute approximate surface area is 201 Å². The van der Waals surface area contributed by atoms with Gasteiger partial charge in [-0.05, 0) is 36.8 Å². The van der Waals surface area contributed by atoms with Crippen LogP contribution in [0.5, 0.6) is 5.75 Å². The number of anilines is 1. The lowest BCUT2D eigenvalue weighted by Crippen LogP contribution is -2.52. The van der Waals surface area contributed by atoms with Crippen molar-refractivity contribution in [1.29, 1.82) is 0 Å². The number of benzene rings is 2. The van der Waals surface area contributed by atoms with Gasteiger partial charge in [0.15, 0.2) is 5.96 Å². The van der Waals surface area contributed by atoms with Gasteiger partial charge in [-0.15, -0.1) is 24.0 Å². The lowest BCUT2D eigenvalue weighted by atomic mass is 10.1. The molecule has 2 aromatic rings. The molecule has 0 aliphatic carbocycles. The molecule has 1 heterocycles. The van der Waals surface area contributed by atoms with Crippen molar-refractivity contribution in [2.24, 2.45) is 4.99 Å². The number of piperazine rings is 1. The van der Waals surface area contributed by atoms with E-state index in [1.807, 2.05) is 42.5 Å². The quantitative estimate of drug-likeness (QED) is 0.337. The Morgan fingerprint density at radius 1 is 1.06 bits per heavy atom. The van der Waals surface area contributed by atoms with E-state index in [9.17, 15) is 4.79 Å². The summed E-state index contributed by atoms with van der Waals surface area (Å²) >= 11 is 0. The molecule has 8 heteroatoms. The summed E-state index contributed by atoms with van der Waals surface area (Å²) in [4.78, 5) is 21.2. The largest absolute Gasteiger partial charge is 0.495 e. The van der Waals surface area contributed by atoms with Crippen molar-refractivity contribution in [2.75, 3.05) is 51.8 Å². The van der Waals surface area contributed by atoms with Crippen LogP contribution in [0.15, 0.2) is 53.5 Å². The Morgan fingerprint density at radius 2 is 1.74 bits per heavy atom. The number of carbonyl (C=O) groups is 1. The molecule has 1 aliphatic heterocycles. The molecular weight excluding hydrogens is 505 g/mol. The van der Waals surface area contributed by atoms with E-state index in [-0.39, 0.29) is 29.9 Å². The van der Waals surface area contributed by atoms with E-state index in [1.165, 1.54) is 0 Å². The molecule has 2 aromatic carbocycles. The Kier molecular flexibility index (Phi) is 9.90. The number of para-hydroxylation sites is 2. The SMILES string of the molecule is CCNC(=NCc1ccc(C(=O)NC)cc1)N1CCN(c2ccccc2OC)CC1.I. The van der Waals surface area contributed by atoms with Crippen molar-refractivity contribution < 1.29 is 9.53 Å². The molecule has 0 saturated carbocycles. The van der Waals surface area contributed by atoms with Gasteiger partial charge in [0, 0.05) is 45.3 Å². The first kappa shape index (κ1) is 24.8. The normalized spacial score (nSPS) is 14.0. The third-order valence-corrected chi connectivity index (χ3v) is 5.19. The van der Waals surface area contributed by atoms with Crippen LogP contribution < -0.4 is 20.3 Å². The second kappa shape index (κ2) is 12.4. The lowest BCUT2D eigenvalue weighted by Gasteiger charge is -2.38. The van der Waals surface area contributed by atoms with Crippen LogP contribution in [0.3, 0.4) is 0 Å². The Balaban J connectivity index is 0.00000341. The first-order valence-electron chi connectivity index (χ1n) is 10.4. The molecule has 0 bridgehead atoms. The van der Waals surface area contributed by atoms with Crippen LogP contribution >= 0.6 is 24.0 Å². The molecule has 3 rings (SSSR count). The van der Waals surface area contributed by atoms with Crippen LogP contribution in [0.1, 0.15) is 22.8 Å². The maximum absolute atomic E-state index is 11.7. The molecule has 0 radical (unpaired) electrons. The molecule has 1 saturated heterocycles. The summed E-state index contributed by atoms with van der Waals surface area (Å²) in [5.74, 6) is 1.76. The highest BCUT2D eigenvalue weighted by Crippen LogP contribution is 2.28. The van der Waals surface area contributed by atoms with Crippen molar-refractivity contribution >= 4 is 41.5 Å². The van der Waals surface area contributed by atoms with Crippen LogP contribution in [0.2, 0.25) is 0 Å². The second-order valence-corrected chi connectivity index (χ2v) is 7.09. The van der Waals surface area contributed by atoms with Gasteiger partial charge in [0.1, 0.15) is 5.75 Å². The highest BCUT2D eigenvalue weighted by molar-refractivity contribution is 14.0. The van der Waals surface area contributed by atoms with Crippen LogP contribution in [0.4, 0.5) is 5.69 Å². The molecule has 0 aromatic heterocycles. The Hall–Kier alpha value is -2.49. The molecular formula is C23H32IN5O2. The van der Waals surface area contributed by atoms with Gasteiger partial charge in [0.05, 0.1) is 19.3 Å². The van der Waals surface area contributed by atoms with E-state index in [2.05, 4.69) is 33.4 Å². The zero-order valence-electron chi connectivity index (χ0n) is 18.4. The summed E-state index contributed by atoms with van der Waals surface area (Å²) in [5.41, 5.74) is 2.87. The van der Waals surface area contributed by atoms with E-state index >= 15 is 0 Å². The van der Waals surface area contributed by atoms with Crippen molar-refractivity contribution in [3.8, 4) is 5.75 Å². The van der Waals surface area contributed by atoms with Gasteiger partial charge in [0.2, 0.25) is 0 Å². The van der Waals surface area contributed by atoms with Crippen LogP contribution in [0.25, 0.3) is 0 Å². The van der Waals surface area contributed by atoms with Gasteiger partial charge in [0.25, 0.3) is 5.91 Å². The summed E-state index contributed by atoms with van der Waals surface area (Å²) in [6, 6.07) is 15.7. The fourth-order valence-corrected chi connectivity index (χ4v) is 3.55. The first-order valence-corrected chi connectivity index (χ1v) is 10.4. The molecule has 1 amide bonds. The second-order valence-electron chi connectivity index (χ2n) is 7.09. The topological polar surface area (TPSA) is 69.2 Å². The number of rotatable bonds is 6. The highest BCUT2D eigenvalue weighted by atomic mass is 127. The van der Waals surface area contributed by atoms with Crippen molar-refractivity contribution in [3.63, 3.8) is 0 Å². The number of ether oxygens (including phenoxy) is 1. The third kappa shape index (κ3) is 6.49. The van der Waals surface area contributed by atoms with Gasteiger partial charge in [-0.25, -0.2) is 4.99 Å². The smallest absolute Gasteiger partial charge is 0.251 e. The van der Waals surface area contributed by atoms with Crippen LogP contribution in [-0.2, 0) is 6.54 Å². The monoisotopic (exact) mass is 537 g/mol. The van der Waals surface area contributed by atoms with Crippen molar-refractivity contribution in [3.05, 3.63) is 59.7 Å². The number of methoxy groups -OCH3 is 1. The number of hydrogen-bond acceptors (Lipinski definition) is 4. The Bertz CT molecular complexity index is 865. The van der Waals surface area contributed by atoms with Gasteiger partial charge < -0.3 is 25.2 Å². The summed E-state index contributed by atoms with van der Waals surface area (Å²) in [5, 5.41) is 6.05. The van der Waals surface area contributed by atoms with Crippen molar-refractivity contribution in [2.45, 2.75) is 13.5 Å². The third-order valence-electron chi connectivity index (χ3n) is 5.19. The number of hydrogen-bond donors (Lipinski definition) is 2. The zero-order valence-corrected chi connectivity index (χ0v) is 20.8. The number of nitrogens with one attached hydrogen (secondary N) is 2. The number of nitrogens with zero attached hydrogens (tertiary/aromatic N) is 3. The van der Waals surface area contributed by atoms with E-state index in [0.717, 1.165) is 55.7 Å². The van der Waals surface area contributed by atoms with Gasteiger partial charge in [-0.2, -0.15) is 0 Å². The number of halogens is 1. The van der Waals surface area contributed by atoms with E-state index < -0.39 is 0 Å². The molecule has 1 aliphatic rings. The molecule has 1 fully saturated rings. The predicted molar refractivity (Wildman–Crippen MR) is 137 cm³/mol. The molecule has 0 atom stereocenters. The molecule has 31 heavy (non-hydrogen) atoms. The molecule has 2 N–H and O–H groups in total. The zero-order chi connectivity index (χ0) is 21.3. The number of amides is 1. The van der Waals surface area contributed by atoms with Crippen LogP contribution in [0, 0.1) is 0 Å². The average molecular weight is 537 g/mol. The minimum Gasteiger partial charge on any atom is -0.495 e.